The van der Waals surface area contributed by atoms with Gasteiger partial charge in [-0.25, -0.2) is 0 Å². The second kappa shape index (κ2) is 7.24. The summed E-state index contributed by atoms with van der Waals surface area (Å²) in [7, 11) is 0. The summed E-state index contributed by atoms with van der Waals surface area (Å²) < 4.78 is 6.43. The summed E-state index contributed by atoms with van der Waals surface area (Å²) in [5.74, 6) is 0.825. The molecule has 1 aromatic carbocycles. The van der Waals surface area contributed by atoms with Crippen molar-refractivity contribution in [2.45, 2.75) is 13.3 Å². The number of nitrogens with zero attached hydrogens (tertiary/aromatic N) is 1. The number of rotatable bonds is 5. The van der Waals surface area contributed by atoms with Crippen molar-refractivity contribution in [3.8, 4) is 5.75 Å². The van der Waals surface area contributed by atoms with Gasteiger partial charge >= 0.3 is 0 Å². The van der Waals surface area contributed by atoms with Gasteiger partial charge in [0.2, 0.25) is 0 Å². The lowest BCUT2D eigenvalue weighted by atomic mass is 10.2. The maximum atomic E-state index is 5.54. The molecule has 0 heterocycles. The molecule has 3 N–H and O–H groups in total. The fourth-order valence-electron chi connectivity index (χ4n) is 1.10. The highest BCUT2D eigenvalue weighted by Gasteiger charge is 2.01. The number of benzene rings is 1. The molecule has 0 radical (unpaired) electrons. The Morgan fingerprint density at radius 2 is 2.41 bits per heavy atom. The van der Waals surface area contributed by atoms with Gasteiger partial charge in [0.05, 0.1) is 17.3 Å². The van der Waals surface area contributed by atoms with Crippen LogP contribution >= 0.6 is 28.1 Å². The Bertz CT molecular complexity index is 423. The molecule has 0 saturated carbocycles. The van der Waals surface area contributed by atoms with Crippen LogP contribution in [0.15, 0.2) is 27.8 Å². The van der Waals surface area contributed by atoms with Gasteiger partial charge in [0.1, 0.15) is 5.75 Å². The quantitative estimate of drug-likeness (QED) is 0.497. The van der Waals surface area contributed by atoms with Gasteiger partial charge in [0.25, 0.3) is 0 Å². The van der Waals surface area contributed by atoms with Crippen LogP contribution in [0.3, 0.4) is 0 Å². The number of halogens is 1. The maximum Gasteiger partial charge on any atom is 0.184 e. The molecule has 0 bridgehead atoms. The molecular formula is C11H14BrN3OS. The van der Waals surface area contributed by atoms with E-state index in [0.29, 0.717) is 6.61 Å². The zero-order chi connectivity index (χ0) is 12.7. The van der Waals surface area contributed by atoms with E-state index < -0.39 is 0 Å². The lowest BCUT2D eigenvalue weighted by molar-refractivity contribution is 0.315. The standard InChI is InChI=1S/C11H14BrN3OS/c1-2-5-16-10-4-3-8(6-9(10)12)7-14-15-11(13)17/h3-4,6-7H,2,5H2,1H3,(H3,13,15,17). The van der Waals surface area contributed by atoms with Crippen LogP contribution in [-0.2, 0) is 0 Å². The molecule has 1 aromatic rings. The van der Waals surface area contributed by atoms with Crippen molar-refractivity contribution in [3.05, 3.63) is 28.2 Å². The molecule has 1 rings (SSSR count). The molecule has 17 heavy (non-hydrogen) atoms. The molecule has 0 aromatic heterocycles. The second-order valence-corrected chi connectivity index (χ2v) is 4.57. The molecule has 4 nitrogen and oxygen atoms in total. The minimum Gasteiger partial charge on any atom is -0.492 e. The van der Waals surface area contributed by atoms with Crippen molar-refractivity contribution in [2.75, 3.05) is 6.61 Å². The maximum absolute atomic E-state index is 5.54. The minimum absolute atomic E-state index is 0.142. The Balaban J connectivity index is 2.68. The van der Waals surface area contributed by atoms with E-state index in [9.17, 15) is 0 Å². The van der Waals surface area contributed by atoms with Crippen molar-refractivity contribution in [2.24, 2.45) is 10.8 Å². The van der Waals surface area contributed by atoms with Gasteiger partial charge in [-0.15, -0.1) is 0 Å². The number of nitrogens with one attached hydrogen (secondary N) is 1. The Kier molecular flexibility index (Phi) is 5.93. The van der Waals surface area contributed by atoms with Gasteiger partial charge in [0.15, 0.2) is 5.11 Å². The smallest absolute Gasteiger partial charge is 0.184 e. The van der Waals surface area contributed by atoms with Crippen LogP contribution < -0.4 is 15.9 Å². The first kappa shape index (κ1) is 13.9. The fourth-order valence-corrected chi connectivity index (χ4v) is 1.66. The number of ether oxygens (including phenoxy) is 1. The summed E-state index contributed by atoms with van der Waals surface area (Å²) in [4.78, 5) is 0. The number of hydrogen-bond acceptors (Lipinski definition) is 3. The third-order valence-corrected chi connectivity index (χ3v) is 2.52. The molecule has 0 unspecified atom stereocenters. The molecule has 0 saturated heterocycles. The highest BCUT2D eigenvalue weighted by atomic mass is 79.9. The largest absolute Gasteiger partial charge is 0.492 e. The van der Waals surface area contributed by atoms with E-state index in [2.05, 4.69) is 45.6 Å². The third kappa shape index (κ3) is 5.14. The van der Waals surface area contributed by atoms with Crippen LogP contribution in [0.4, 0.5) is 0 Å². The highest BCUT2D eigenvalue weighted by Crippen LogP contribution is 2.25. The Morgan fingerprint density at radius 3 is 3.00 bits per heavy atom. The van der Waals surface area contributed by atoms with Crippen molar-refractivity contribution in [1.82, 2.24) is 5.43 Å². The summed E-state index contributed by atoms with van der Waals surface area (Å²) >= 11 is 8.07. The van der Waals surface area contributed by atoms with Gasteiger partial charge in [-0.1, -0.05) is 6.92 Å². The molecule has 0 aliphatic heterocycles. The molecule has 0 amide bonds. The Labute approximate surface area is 114 Å². The molecule has 0 spiro atoms. The molecule has 0 aliphatic rings. The van der Waals surface area contributed by atoms with E-state index in [-0.39, 0.29) is 5.11 Å². The Hall–Kier alpha value is -1.14. The summed E-state index contributed by atoms with van der Waals surface area (Å²) in [5.41, 5.74) is 8.66. The van der Waals surface area contributed by atoms with Crippen LogP contribution in [0, 0.1) is 0 Å². The zero-order valence-electron chi connectivity index (χ0n) is 9.44. The number of thiocarbonyl (C=S) groups is 1. The number of nitrogens with two attached hydrogens (primary N) is 1. The molecule has 0 fully saturated rings. The van der Waals surface area contributed by atoms with Crippen LogP contribution in [0.2, 0.25) is 0 Å². The summed E-state index contributed by atoms with van der Waals surface area (Å²) in [6.07, 6.45) is 2.61. The van der Waals surface area contributed by atoms with Crippen molar-refractivity contribution >= 4 is 39.5 Å². The monoisotopic (exact) mass is 315 g/mol. The van der Waals surface area contributed by atoms with Gasteiger partial charge in [-0.05, 0) is 58.3 Å². The average molecular weight is 316 g/mol. The lowest BCUT2D eigenvalue weighted by Crippen LogP contribution is -2.23. The zero-order valence-corrected chi connectivity index (χ0v) is 11.8. The van der Waals surface area contributed by atoms with E-state index in [0.717, 1.165) is 22.2 Å². The molecule has 92 valence electrons. The van der Waals surface area contributed by atoms with Gasteiger partial charge < -0.3 is 10.5 Å². The fraction of sp³-hybridized carbons (Fsp3) is 0.273. The first-order valence-electron chi connectivity index (χ1n) is 5.14. The van der Waals surface area contributed by atoms with Crippen molar-refractivity contribution in [1.29, 1.82) is 0 Å². The second-order valence-electron chi connectivity index (χ2n) is 3.27. The van der Waals surface area contributed by atoms with Gasteiger partial charge in [-0.3, -0.25) is 5.43 Å². The van der Waals surface area contributed by atoms with Gasteiger partial charge in [-0.2, -0.15) is 5.10 Å². The minimum atomic E-state index is 0.142. The summed E-state index contributed by atoms with van der Waals surface area (Å²) in [5, 5.41) is 4.01. The van der Waals surface area contributed by atoms with E-state index in [1.54, 1.807) is 6.21 Å². The first-order valence-corrected chi connectivity index (χ1v) is 6.34. The highest BCUT2D eigenvalue weighted by molar-refractivity contribution is 9.10. The number of hydrazone groups is 1. The van der Waals surface area contributed by atoms with E-state index in [1.165, 1.54) is 0 Å². The molecule has 0 aliphatic carbocycles. The summed E-state index contributed by atoms with van der Waals surface area (Å²) in [6.45, 7) is 2.77. The predicted octanol–water partition coefficient (Wildman–Crippen LogP) is 2.41. The van der Waals surface area contributed by atoms with Crippen LogP contribution in [0.25, 0.3) is 0 Å². The predicted molar refractivity (Wildman–Crippen MR) is 77.4 cm³/mol. The van der Waals surface area contributed by atoms with E-state index in [1.807, 2.05) is 18.2 Å². The SMILES string of the molecule is CCCOc1ccc(C=NNC(N)=S)cc1Br. The van der Waals surface area contributed by atoms with Crippen LogP contribution in [0.5, 0.6) is 5.75 Å². The number of hydrogen-bond donors (Lipinski definition) is 2. The summed E-state index contributed by atoms with van der Waals surface area (Å²) in [6, 6.07) is 5.71. The van der Waals surface area contributed by atoms with Gasteiger partial charge in [0, 0.05) is 0 Å². The average Bonchev–Trinajstić information content (AvgIpc) is 2.27. The molecular weight excluding hydrogens is 302 g/mol. The van der Waals surface area contributed by atoms with E-state index in [4.69, 9.17) is 10.5 Å². The normalized spacial score (nSPS) is 10.5. The molecule has 0 atom stereocenters. The van der Waals surface area contributed by atoms with Crippen LogP contribution in [0.1, 0.15) is 18.9 Å². The first-order chi connectivity index (χ1) is 8.13. The lowest BCUT2D eigenvalue weighted by Gasteiger charge is -2.07. The van der Waals surface area contributed by atoms with Crippen molar-refractivity contribution in [3.63, 3.8) is 0 Å². The Morgan fingerprint density at radius 1 is 1.65 bits per heavy atom. The van der Waals surface area contributed by atoms with Crippen LogP contribution in [-0.4, -0.2) is 17.9 Å². The third-order valence-electron chi connectivity index (χ3n) is 1.81. The van der Waals surface area contributed by atoms with E-state index >= 15 is 0 Å². The molecule has 6 heteroatoms. The van der Waals surface area contributed by atoms with Crippen molar-refractivity contribution < 1.29 is 4.74 Å². The topological polar surface area (TPSA) is 59.6 Å².